The Morgan fingerprint density at radius 3 is 2.60 bits per heavy atom. The Morgan fingerprint density at radius 2 is 2.00 bits per heavy atom. The van der Waals surface area contributed by atoms with E-state index in [1.807, 2.05) is 17.8 Å². The van der Waals surface area contributed by atoms with Gasteiger partial charge in [0.1, 0.15) is 0 Å². The Kier molecular flexibility index (Phi) is 5.70. The van der Waals surface area contributed by atoms with Crippen molar-refractivity contribution >= 4 is 28.9 Å². The standard InChI is InChI=1S/C16H25NOS2/c1-11(2)19-16-6-5-15(20-16)14(18)10-17-8-12(3)7-13(4)9-17/h5-6,11-13H,7-10H2,1-4H3. The summed E-state index contributed by atoms with van der Waals surface area (Å²) in [7, 11) is 0. The molecule has 4 heteroatoms. The first-order valence-electron chi connectivity index (χ1n) is 7.46. The number of ketones is 1. The summed E-state index contributed by atoms with van der Waals surface area (Å²) in [5.74, 6) is 1.70. The van der Waals surface area contributed by atoms with Crippen LogP contribution in [0.1, 0.15) is 43.8 Å². The van der Waals surface area contributed by atoms with Gasteiger partial charge in [0, 0.05) is 18.3 Å². The van der Waals surface area contributed by atoms with Gasteiger partial charge in [0.05, 0.1) is 15.6 Å². The molecule has 0 bridgehead atoms. The number of hydrogen-bond acceptors (Lipinski definition) is 4. The van der Waals surface area contributed by atoms with Crippen molar-refractivity contribution in [2.45, 2.75) is 43.6 Å². The highest BCUT2D eigenvalue weighted by Crippen LogP contribution is 2.31. The smallest absolute Gasteiger partial charge is 0.186 e. The second-order valence-corrected chi connectivity index (χ2v) is 9.31. The average molecular weight is 312 g/mol. The summed E-state index contributed by atoms with van der Waals surface area (Å²) >= 11 is 3.48. The summed E-state index contributed by atoms with van der Waals surface area (Å²) in [5.41, 5.74) is 0. The monoisotopic (exact) mass is 311 g/mol. The third-order valence-electron chi connectivity index (χ3n) is 3.52. The molecule has 0 aromatic carbocycles. The van der Waals surface area contributed by atoms with Crippen LogP contribution in [0.3, 0.4) is 0 Å². The Hall–Kier alpha value is -0.320. The van der Waals surface area contributed by atoms with Crippen molar-refractivity contribution in [3.05, 3.63) is 17.0 Å². The van der Waals surface area contributed by atoms with Crippen LogP contribution in [0.4, 0.5) is 0 Å². The third-order valence-corrected chi connectivity index (χ3v) is 5.82. The molecule has 0 spiro atoms. The van der Waals surface area contributed by atoms with E-state index in [2.05, 4.69) is 38.7 Å². The number of hydrogen-bond donors (Lipinski definition) is 0. The Bertz CT molecular complexity index is 445. The molecule has 1 aromatic rings. The molecular weight excluding hydrogens is 286 g/mol. The van der Waals surface area contributed by atoms with Crippen LogP contribution < -0.4 is 0 Å². The maximum atomic E-state index is 12.4. The van der Waals surface area contributed by atoms with Gasteiger partial charge in [-0.05, 0) is 30.4 Å². The SMILES string of the molecule is CC1CC(C)CN(CC(=O)c2ccc(SC(C)C)s2)C1. The van der Waals surface area contributed by atoms with E-state index < -0.39 is 0 Å². The van der Waals surface area contributed by atoms with Crippen molar-refractivity contribution in [2.75, 3.05) is 19.6 Å². The van der Waals surface area contributed by atoms with E-state index in [1.165, 1.54) is 10.6 Å². The highest BCUT2D eigenvalue weighted by molar-refractivity contribution is 8.01. The number of likely N-dealkylation sites (tertiary alicyclic amines) is 1. The van der Waals surface area contributed by atoms with Gasteiger partial charge in [-0.15, -0.1) is 23.1 Å². The molecule has 0 N–H and O–H groups in total. The van der Waals surface area contributed by atoms with Crippen molar-refractivity contribution in [1.82, 2.24) is 4.90 Å². The fourth-order valence-electron chi connectivity index (χ4n) is 2.97. The molecule has 1 saturated heterocycles. The maximum Gasteiger partial charge on any atom is 0.186 e. The molecule has 1 aromatic heterocycles. The molecule has 20 heavy (non-hydrogen) atoms. The quantitative estimate of drug-likeness (QED) is 0.593. The molecule has 0 aliphatic carbocycles. The van der Waals surface area contributed by atoms with Crippen LogP contribution in [0, 0.1) is 11.8 Å². The summed E-state index contributed by atoms with van der Waals surface area (Å²) < 4.78 is 1.25. The van der Waals surface area contributed by atoms with Gasteiger partial charge >= 0.3 is 0 Å². The first-order chi connectivity index (χ1) is 9.44. The van der Waals surface area contributed by atoms with E-state index in [4.69, 9.17) is 0 Å². The van der Waals surface area contributed by atoms with Crippen LogP contribution in [0.2, 0.25) is 0 Å². The van der Waals surface area contributed by atoms with Crippen LogP contribution in [-0.2, 0) is 0 Å². The third kappa shape index (κ3) is 4.61. The lowest BCUT2D eigenvalue weighted by Gasteiger charge is -2.34. The van der Waals surface area contributed by atoms with Crippen molar-refractivity contribution < 1.29 is 4.79 Å². The molecule has 0 amide bonds. The van der Waals surface area contributed by atoms with Crippen molar-refractivity contribution in [1.29, 1.82) is 0 Å². The summed E-state index contributed by atoms with van der Waals surface area (Å²) in [5, 5.41) is 0.570. The van der Waals surface area contributed by atoms with Crippen LogP contribution in [0.5, 0.6) is 0 Å². The largest absolute Gasteiger partial charge is 0.295 e. The van der Waals surface area contributed by atoms with Crippen molar-refractivity contribution in [3.63, 3.8) is 0 Å². The van der Waals surface area contributed by atoms with Gasteiger partial charge in [-0.25, -0.2) is 0 Å². The molecule has 112 valence electrons. The molecule has 2 unspecified atom stereocenters. The second kappa shape index (κ2) is 7.10. The number of thioether (sulfide) groups is 1. The van der Waals surface area contributed by atoms with Crippen LogP contribution in [0.25, 0.3) is 0 Å². The number of carbonyl (C=O) groups is 1. The molecule has 2 heterocycles. The van der Waals surface area contributed by atoms with Crippen LogP contribution in [-0.4, -0.2) is 35.6 Å². The fourth-order valence-corrected chi connectivity index (χ4v) is 5.29. The predicted molar refractivity (Wildman–Crippen MR) is 89.0 cm³/mol. The summed E-state index contributed by atoms with van der Waals surface area (Å²) in [6, 6.07) is 4.08. The average Bonchev–Trinajstić information content (AvgIpc) is 2.75. The highest BCUT2D eigenvalue weighted by Gasteiger charge is 2.24. The zero-order valence-corrected chi connectivity index (χ0v) is 14.5. The fraction of sp³-hybridized carbons (Fsp3) is 0.688. The van der Waals surface area contributed by atoms with Crippen molar-refractivity contribution in [3.8, 4) is 0 Å². The predicted octanol–water partition coefficient (Wildman–Crippen LogP) is 4.41. The number of thiophene rings is 1. The number of piperidine rings is 1. The van der Waals surface area contributed by atoms with E-state index in [9.17, 15) is 4.79 Å². The minimum Gasteiger partial charge on any atom is -0.295 e. The van der Waals surface area contributed by atoms with Gasteiger partial charge in [0.2, 0.25) is 0 Å². The molecule has 1 fully saturated rings. The first kappa shape index (κ1) is 16.1. The molecular formula is C16H25NOS2. The van der Waals surface area contributed by atoms with Crippen molar-refractivity contribution in [2.24, 2.45) is 11.8 Å². The molecule has 0 radical (unpaired) electrons. The molecule has 0 saturated carbocycles. The van der Waals surface area contributed by atoms with Gasteiger partial charge in [0.25, 0.3) is 0 Å². The Morgan fingerprint density at radius 1 is 1.35 bits per heavy atom. The van der Waals surface area contributed by atoms with Crippen LogP contribution >= 0.6 is 23.1 Å². The zero-order valence-electron chi connectivity index (χ0n) is 12.9. The summed E-state index contributed by atoms with van der Waals surface area (Å²) in [6.07, 6.45) is 1.29. The van der Waals surface area contributed by atoms with E-state index in [0.29, 0.717) is 23.6 Å². The van der Waals surface area contributed by atoms with Gasteiger partial charge in [-0.2, -0.15) is 0 Å². The lowest BCUT2D eigenvalue weighted by Crippen LogP contribution is -2.41. The maximum absolute atomic E-state index is 12.4. The van der Waals surface area contributed by atoms with Gasteiger partial charge in [-0.3, -0.25) is 9.69 Å². The normalized spacial score (nSPS) is 24.2. The summed E-state index contributed by atoms with van der Waals surface area (Å²) in [6.45, 7) is 11.7. The van der Waals surface area contributed by atoms with E-state index in [0.717, 1.165) is 18.0 Å². The Labute approximate surface area is 130 Å². The first-order valence-corrected chi connectivity index (χ1v) is 9.15. The van der Waals surface area contributed by atoms with Gasteiger partial charge in [-0.1, -0.05) is 27.7 Å². The molecule has 1 aliphatic heterocycles. The molecule has 2 rings (SSSR count). The highest BCUT2D eigenvalue weighted by atomic mass is 32.2. The van der Waals surface area contributed by atoms with Gasteiger partial charge < -0.3 is 0 Å². The minimum atomic E-state index is 0.284. The van der Waals surface area contributed by atoms with Gasteiger partial charge in [0.15, 0.2) is 5.78 Å². The zero-order chi connectivity index (χ0) is 14.7. The van der Waals surface area contributed by atoms with E-state index >= 15 is 0 Å². The number of rotatable bonds is 5. The molecule has 2 nitrogen and oxygen atoms in total. The second-order valence-electron chi connectivity index (χ2n) is 6.35. The molecule has 1 aliphatic rings. The number of Topliss-reactive ketones (excluding diaryl/α,β-unsaturated/α-hetero) is 1. The topological polar surface area (TPSA) is 20.3 Å². The molecule has 2 atom stereocenters. The van der Waals surface area contributed by atoms with E-state index in [1.54, 1.807) is 11.3 Å². The summed E-state index contributed by atoms with van der Waals surface area (Å²) in [4.78, 5) is 15.6. The van der Waals surface area contributed by atoms with Crippen LogP contribution in [0.15, 0.2) is 16.3 Å². The number of carbonyl (C=O) groups excluding carboxylic acids is 1. The number of nitrogens with zero attached hydrogens (tertiary/aromatic N) is 1. The Balaban J connectivity index is 1.92. The lowest BCUT2D eigenvalue weighted by molar-refractivity contribution is 0.0853. The lowest BCUT2D eigenvalue weighted by atomic mass is 9.92. The van der Waals surface area contributed by atoms with E-state index in [-0.39, 0.29) is 5.78 Å². The minimum absolute atomic E-state index is 0.284.